The van der Waals surface area contributed by atoms with Gasteiger partial charge in [0.25, 0.3) is 5.78 Å². The summed E-state index contributed by atoms with van der Waals surface area (Å²) in [6.45, 7) is 6.09. The van der Waals surface area contributed by atoms with E-state index in [0.717, 1.165) is 36.0 Å². The van der Waals surface area contributed by atoms with Crippen LogP contribution in [-0.4, -0.2) is 39.3 Å². The van der Waals surface area contributed by atoms with Gasteiger partial charge in [-0.15, -0.1) is 0 Å². The average molecular weight is 313 g/mol. The van der Waals surface area contributed by atoms with Gasteiger partial charge in [-0.05, 0) is 19.1 Å². The number of morpholine rings is 1. The highest BCUT2D eigenvalue weighted by Crippen LogP contribution is 2.31. The molecule has 0 bridgehead atoms. The Morgan fingerprint density at radius 2 is 2.26 bits per heavy atom. The maximum absolute atomic E-state index is 5.97. The van der Waals surface area contributed by atoms with E-state index in [4.69, 9.17) is 9.15 Å². The van der Waals surface area contributed by atoms with Crippen molar-refractivity contribution in [1.82, 2.24) is 19.6 Å². The molecule has 23 heavy (non-hydrogen) atoms. The lowest BCUT2D eigenvalue weighted by atomic mass is 10.1. The molecule has 1 aliphatic rings. The van der Waals surface area contributed by atoms with E-state index in [2.05, 4.69) is 26.9 Å². The second-order valence-corrected chi connectivity index (χ2v) is 5.67. The summed E-state index contributed by atoms with van der Waals surface area (Å²) in [5.74, 6) is 3.48. The number of furan rings is 1. The highest BCUT2D eigenvalue weighted by atomic mass is 16.5. The van der Waals surface area contributed by atoms with Crippen LogP contribution < -0.4 is 4.90 Å². The summed E-state index contributed by atoms with van der Waals surface area (Å²) in [6.07, 6.45) is 2.41. The molecule has 0 amide bonds. The molecule has 4 heterocycles. The minimum atomic E-state index is 0.0262. The summed E-state index contributed by atoms with van der Waals surface area (Å²) in [7, 11) is 0. The monoisotopic (exact) mass is 313 g/mol. The Kier molecular flexibility index (Phi) is 3.49. The first-order chi connectivity index (χ1) is 11.3. The molecule has 0 aromatic carbocycles. The summed E-state index contributed by atoms with van der Waals surface area (Å²) in [6, 6.07) is 6.13. The molecule has 0 N–H and O–H groups in total. The Labute approximate surface area is 133 Å². The highest BCUT2D eigenvalue weighted by molar-refractivity contribution is 5.49. The topological polar surface area (TPSA) is 68.7 Å². The largest absolute Gasteiger partial charge is 0.464 e. The van der Waals surface area contributed by atoms with Gasteiger partial charge >= 0.3 is 0 Å². The normalized spacial score (nSPS) is 18.7. The van der Waals surface area contributed by atoms with Crippen molar-refractivity contribution in [3.05, 3.63) is 41.7 Å². The van der Waals surface area contributed by atoms with Gasteiger partial charge in [-0.2, -0.15) is 14.6 Å². The van der Waals surface area contributed by atoms with Gasteiger partial charge in [-0.1, -0.05) is 6.92 Å². The lowest BCUT2D eigenvalue weighted by Crippen LogP contribution is -2.40. The first-order valence-corrected chi connectivity index (χ1v) is 7.86. The maximum atomic E-state index is 5.97. The maximum Gasteiger partial charge on any atom is 0.254 e. The molecule has 1 saturated heterocycles. The van der Waals surface area contributed by atoms with Gasteiger partial charge in [0.2, 0.25) is 0 Å². The molecule has 7 nitrogen and oxygen atoms in total. The fraction of sp³-hybridized carbons (Fsp3) is 0.438. The number of hydrogen-bond donors (Lipinski definition) is 0. The molecule has 7 heteroatoms. The van der Waals surface area contributed by atoms with Crippen molar-refractivity contribution in [2.75, 3.05) is 24.7 Å². The minimum Gasteiger partial charge on any atom is -0.464 e. The SMILES string of the molecule is CCc1ccc([C@@H]2COCCN2c2cc(C)nc3ncnn23)o1. The van der Waals surface area contributed by atoms with E-state index in [1.165, 1.54) is 6.33 Å². The van der Waals surface area contributed by atoms with Gasteiger partial charge in [0.05, 0.1) is 13.2 Å². The van der Waals surface area contributed by atoms with E-state index in [1.54, 1.807) is 4.52 Å². The summed E-state index contributed by atoms with van der Waals surface area (Å²) in [5, 5.41) is 4.31. The van der Waals surface area contributed by atoms with Crippen molar-refractivity contribution >= 4 is 11.6 Å². The lowest BCUT2D eigenvalue weighted by molar-refractivity contribution is 0.0866. The molecule has 0 spiro atoms. The minimum absolute atomic E-state index is 0.0262. The first kappa shape index (κ1) is 14.2. The fourth-order valence-electron chi connectivity index (χ4n) is 2.99. The van der Waals surface area contributed by atoms with Gasteiger partial charge < -0.3 is 14.1 Å². The zero-order valence-corrected chi connectivity index (χ0v) is 13.3. The number of anilines is 1. The van der Waals surface area contributed by atoms with Crippen LogP contribution in [0.5, 0.6) is 0 Å². The first-order valence-electron chi connectivity index (χ1n) is 7.86. The molecule has 1 atom stereocenters. The van der Waals surface area contributed by atoms with E-state index in [0.29, 0.717) is 19.0 Å². The third kappa shape index (κ3) is 2.46. The number of aromatic nitrogens is 4. The third-order valence-electron chi connectivity index (χ3n) is 4.14. The molecule has 120 valence electrons. The van der Waals surface area contributed by atoms with Crippen molar-refractivity contribution in [3.8, 4) is 0 Å². The Morgan fingerprint density at radius 3 is 3.09 bits per heavy atom. The van der Waals surface area contributed by atoms with Gasteiger partial charge in [-0.25, -0.2) is 4.98 Å². The van der Waals surface area contributed by atoms with Crippen molar-refractivity contribution < 1.29 is 9.15 Å². The number of rotatable bonds is 3. The van der Waals surface area contributed by atoms with Crippen LogP contribution in [0.3, 0.4) is 0 Å². The number of nitrogens with zero attached hydrogens (tertiary/aromatic N) is 5. The predicted octanol–water partition coefficient (Wildman–Crippen LogP) is 2.17. The van der Waals surface area contributed by atoms with Crippen LogP contribution in [0.15, 0.2) is 28.9 Å². The van der Waals surface area contributed by atoms with E-state index in [1.807, 2.05) is 25.1 Å². The standard InChI is InChI=1S/C16H19N5O2/c1-3-12-4-5-14(23-12)13-9-22-7-6-20(13)15-8-11(2)19-16-17-10-18-21(15)16/h4-5,8,10,13H,3,6-7,9H2,1-2H3/t13-/m0/s1. The van der Waals surface area contributed by atoms with Crippen molar-refractivity contribution in [3.63, 3.8) is 0 Å². The van der Waals surface area contributed by atoms with Gasteiger partial charge in [0, 0.05) is 24.7 Å². The molecular weight excluding hydrogens is 294 g/mol. The molecule has 0 radical (unpaired) electrons. The van der Waals surface area contributed by atoms with E-state index < -0.39 is 0 Å². The van der Waals surface area contributed by atoms with Gasteiger partial charge in [0.15, 0.2) is 0 Å². The summed E-state index contributed by atoms with van der Waals surface area (Å²) < 4.78 is 13.4. The smallest absolute Gasteiger partial charge is 0.254 e. The number of hydrogen-bond acceptors (Lipinski definition) is 6. The van der Waals surface area contributed by atoms with Crippen molar-refractivity contribution in [2.24, 2.45) is 0 Å². The van der Waals surface area contributed by atoms with Crippen LogP contribution in [0.1, 0.15) is 30.2 Å². The molecule has 0 saturated carbocycles. The molecule has 1 fully saturated rings. The molecule has 1 aliphatic heterocycles. The van der Waals surface area contributed by atoms with Crippen LogP contribution in [0, 0.1) is 6.92 Å². The van der Waals surface area contributed by atoms with Crippen molar-refractivity contribution in [1.29, 1.82) is 0 Å². The Balaban J connectivity index is 1.78. The Hall–Kier alpha value is -2.41. The third-order valence-corrected chi connectivity index (χ3v) is 4.14. The molecule has 0 unspecified atom stereocenters. The van der Waals surface area contributed by atoms with Crippen molar-refractivity contribution in [2.45, 2.75) is 26.3 Å². The predicted molar refractivity (Wildman–Crippen MR) is 84.5 cm³/mol. The van der Waals surface area contributed by atoms with Crippen LogP contribution in [0.4, 0.5) is 5.82 Å². The number of aryl methyl sites for hydroxylation is 2. The lowest BCUT2D eigenvalue weighted by Gasteiger charge is -2.36. The fourth-order valence-corrected chi connectivity index (χ4v) is 2.99. The second kappa shape index (κ2) is 5.66. The molecule has 3 aromatic rings. The Morgan fingerprint density at radius 1 is 1.35 bits per heavy atom. The highest BCUT2D eigenvalue weighted by Gasteiger charge is 2.29. The van der Waals surface area contributed by atoms with Gasteiger partial charge in [0.1, 0.15) is 29.7 Å². The van der Waals surface area contributed by atoms with Crippen LogP contribution in [0.2, 0.25) is 0 Å². The van der Waals surface area contributed by atoms with Crippen LogP contribution in [0.25, 0.3) is 5.78 Å². The van der Waals surface area contributed by atoms with E-state index >= 15 is 0 Å². The number of fused-ring (bicyclic) bond motifs is 1. The average Bonchev–Trinajstić information content (AvgIpc) is 3.23. The Bertz CT molecular complexity index is 825. The summed E-state index contributed by atoms with van der Waals surface area (Å²) >= 11 is 0. The molecule has 4 rings (SSSR count). The quantitative estimate of drug-likeness (QED) is 0.738. The summed E-state index contributed by atoms with van der Waals surface area (Å²) in [4.78, 5) is 10.9. The van der Waals surface area contributed by atoms with E-state index in [9.17, 15) is 0 Å². The molecule has 0 aliphatic carbocycles. The summed E-state index contributed by atoms with van der Waals surface area (Å²) in [5.41, 5.74) is 0.916. The zero-order chi connectivity index (χ0) is 15.8. The molecule has 3 aromatic heterocycles. The zero-order valence-electron chi connectivity index (χ0n) is 13.3. The number of ether oxygens (including phenoxy) is 1. The molecular formula is C16H19N5O2. The van der Waals surface area contributed by atoms with Crippen LogP contribution >= 0.6 is 0 Å². The van der Waals surface area contributed by atoms with Crippen LogP contribution in [-0.2, 0) is 11.2 Å². The second-order valence-electron chi connectivity index (χ2n) is 5.67. The van der Waals surface area contributed by atoms with E-state index in [-0.39, 0.29) is 6.04 Å². The van der Waals surface area contributed by atoms with Gasteiger partial charge in [-0.3, -0.25) is 0 Å².